The average Bonchev–Trinajstić information content (AvgIpc) is 3.06. The zero-order valence-electron chi connectivity index (χ0n) is 13.9. The van der Waals surface area contributed by atoms with Crippen molar-refractivity contribution < 1.29 is 23.7 Å². The summed E-state index contributed by atoms with van der Waals surface area (Å²) in [6.45, 7) is 7.07. The maximum atomic E-state index is 13.0. The summed E-state index contributed by atoms with van der Waals surface area (Å²) in [7, 11) is 0. The zero-order chi connectivity index (χ0) is 17.6. The van der Waals surface area contributed by atoms with E-state index in [1.165, 1.54) is 6.07 Å². The molecule has 126 valence electrons. The number of hydrogen-bond donors (Lipinski definition) is 1. The molecule has 0 saturated heterocycles. The molecule has 2 heterocycles. The van der Waals surface area contributed by atoms with Crippen LogP contribution >= 0.6 is 0 Å². The van der Waals surface area contributed by atoms with Crippen LogP contribution in [0.2, 0.25) is 0 Å². The summed E-state index contributed by atoms with van der Waals surface area (Å²) < 4.78 is 10.2. The normalized spacial score (nSPS) is 22.8. The standard InChI is InChI=1S/C17H18N2O5/c1-8-5-11(23-18-8)14-16(22)13(10(20)7-17(14,3)4)15(21)12-6-9(2)19-24-12/h5-6,14,21H,7H2,1-4H3/b15-13+/t14-/m0/s1. The second-order valence-electron chi connectivity index (χ2n) is 6.81. The van der Waals surface area contributed by atoms with Gasteiger partial charge in [-0.15, -0.1) is 0 Å². The van der Waals surface area contributed by atoms with Crippen LogP contribution in [-0.2, 0) is 9.59 Å². The molecule has 24 heavy (non-hydrogen) atoms. The Morgan fingerprint density at radius 3 is 2.33 bits per heavy atom. The molecule has 2 aromatic rings. The van der Waals surface area contributed by atoms with Crippen molar-refractivity contribution in [3.05, 3.63) is 40.6 Å². The molecule has 7 nitrogen and oxygen atoms in total. The molecule has 3 rings (SSSR count). The predicted molar refractivity (Wildman–Crippen MR) is 83.2 cm³/mol. The van der Waals surface area contributed by atoms with E-state index in [-0.39, 0.29) is 17.8 Å². The molecule has 0 aromatic carbocycles. The number of rotatable bonds is 2. The maximum absolute atomic E-state index is 13.0. The van der Waals surface area contributed by atoms with Gasteiger partial charge in [-0.05, 0) is 19.3 Å². The molecule has 1 atom stereocenters. The topological polar surface area (TPSA) is 106 Å². The van der Waals surface area contributed by atoms with E-state index < -0.39 is 28.7 Å². The van der Waals surface area contributed by atoms with Gasteiger partial charge < -0.3 is 14.2 Å². The van der Waals surface area contributed by atoms with Gasteiger partial charge in [0.05, 0.1) is 17.3 Å². The highest BCUT2D eigenvalue weighted by molar-refractivity contribution is 6.28. The molecule has 2 aromatic heterocycles. The molecule has 0 spiro atoms. The Hall–Kier alpha value is -2.70. The highest BCUT2D eigenvalue weighted by atomic mass is 16.5. The summed E-state index contributed by atoms with van der Waals surface area (Å²) in [6.07, 6.45) is 0.0929. The fourth-order valence-electron chi connectivity index (χ4n) is 3.12. The third-order valence-electron chi connectivity index (χ3n) is 4.21. The molecular formula is C17H18N2O5. The van der Waals surface area contributed by atoms with Crippen molar-refractivity contribution in [3.8, 4) is 0 Å². The number of aliphatic hydroxyl groups is 1. The summed E-state index contributed by atoms with van der Waals surface area (Å²) in [5.74, 6) is -1.74. The number of nitrogens with zero attached hydrogens (tertiary/aromatic N) is 2. The van der Waals surface area contributed by atoms with Crippen LogP contribution in [0.3, 0.4) is 0 Å². The third kappa shape index (κ3) is 2.55. The molecule has 0 bridgehead atoms. The monoisotopic (exact) mass is 330 g/mol. The summed E-state index contributed by atoms with van der Waals surface area (Å²) in [5.41, 5.74) is 0.257. The van der Waals surface area contributed by atoms with Crippen molar-refractivity contribution in [3.63, 3.8) is 0 Å². The Balaban J connectivity index is 2.12. The van der Waals surface area contributed by atoms with E-state index in [2.05, 4.69) is 10.3 Å². The molecule has 1 fully saturated rings. The number of ketones is 2. The van der Waals surface area contributed by atoms with Crippen LogP contribution in [-0.4, -0.2) is 27.0 Å². The molecule has 0 radical (unpaired) electrons. The number of carbonyl (C=O) groups is 2. The molecular weight excluding hydrogens is 312 g/mol. The molecule has 1 N–H and O–H groups in total. The first kappa shape index (κ1) is 16.2. The predicted octanol–water partition coefficient (Wildman–Crippen LogP) is 2.90. The minimum Gasteiger partial charge on any atom is -0.504 e. The number of aryl methyl sites for hydroxylation is 2. The van der Waals surface area contributed by atoms with Crippen LogP contribution in [0.25, 0.3) is 5.76 Å². The van der Waals surface area contributed by atoms with Crippen molar-refractivity contribution in [2.45, 2.75) is 40.0 Å². The van der Waals surface area contributed by atoms with Crippen LogP contribution in [0.15, 0.2) is 26.8 Å². The molecule has 1 saturated carbocycles. The van der Waals surface area contributed by atoms with Crippen molar-refractivity contribution >= 4 is 17.3 Å². The number of aromatic nitrogens is 2. The lowest BCUT2D eigenvalue weighted by molar-refractivity contribution is -0.129. The largest absolute Gasteiger partial charge is 0.504 e. The Labute approximate surface area is 138 Å². The fourth-order valence-corrected chi connectivity index (χ4v) is 3.12. The van der Waals surface area contributed by atoms with Gasteiger partial charge in [0.2, 0.25) is 5.76 Å². The minimum atomic E-state index is -0.711. The lowest BCUT2D eigenvalue weighted by Crippen LogP contribution is -2.40. The van der Waals surface area contributed by atoms with E-state index in [0.717, 1.165) is 0 Å². The molecule has 0 aliphatic heterocycles. The number of hydrogen-bond acceptors (Lipinski definition) is 7. The Kier molecular flexibility index (Phi) is 3.66. The van der Waals surface area contributed by atoms with Crippen molar-refractivity contribution in [1.29, 1.82) is 0 Å². The van der Waals surface area contributed by atoms with E-state index in [9.17, 15) is 14.7 Å². The molecule has 7 heteroatoms. The smallest absolute Gasteiger partial charge is 0.202 e. The Morgan fingerprint density at radius 2 is 1.79 bits per heavy atom. The lowest BCUT2D eigenvalue weighted by Gasteiger charge is -2.35. The summed E-state index contributed by atoms with van der Waals surface area (Å²) in [5, 5.41) is 17.9. The van der Waals surface area contributed by atoms with Crippen molar-refractivity contribution in [1.82, 2.24) is 10.3 Å². The highest BCUT2D eigenvalue weighted by Crippen LogP contribution is 2.46. The first-order valence-corrected chi connectivity index (χ1v) is 7.58. The fraction of sp³-hybridized carbons (Fsp3) is 0.412. The van der Waals surface area contributed by atoms with Crippen LogP contribution < -0.4 is 0 Å². The van der Waals surface area contributed by atoms with E-state index in [1.807, 2.05) is 13.8 Å². The van der Waals surface area contributed by atoms with E-state index >= 15 is 0 Å². The minimum absolute atomic E-state index is 0.00333. The highest BCUT2D eigenvalue weighted by Gasteiger charge is 2.49. The second kappa shape index (κ2) is 5.43. The number of allylic oxidation sites excluding steroid dienone is 1. The Bertz CT molecular complexity index is 856. The first-order chi connectivity index (χ1) is 11.2. The van der Waals surface area contributed by atoms with Crippen LogP contribution in [0.5, 0.6) is 0 Å². The van der Waals surface area contributed by atoms with Gasteiger partial charge in [-0.2, -0.15) is 0 Å². The van der Waals surface area contributed by atoms with Gasteiger partial charge in [0.15, 0.2) is 17.3 Å². The second-order valence-corrected chi connectivity index (χ2v) is 6.81. The van der Waals surface area contributed by atoms with Gasteiger partial charge in [0.25, 0.3) is 0 Å². The zero-order valence-corrected chi connectivity index (χ0v) is 13.9. The number of Topliss-reactive ketones (excluding diaryl/α,β-unsaturated/α-hetero) is 2. The SMILES string of the molecule is Cc1cc(/C(O)=C2/C(=O)CC(C)(C)[C@@H](c3cc(C)no3)C2=O)on1. The maximum Gasteiger partial charge on any atom is 0.202 e. The van der Waals surface area contributed by atoms with E-state index in [0.29, 0.717) is 17.1 Å². The van der Waals surface area contributed by atoms with Crippen LogP contribution in [0, 0.1) is 19.3 Å². The molecule has 1 aliphatic carbocycles. The molecule has 0 amide bonds. The van der Waals surface area contributed by atoms with E-state index in [1.54, 1.807) is 19.9 Å². The van der Waals surface area contributed by atoms with E-state index in [4.69, 9.17) is 9.05 Å². The average molecular weight is 330 g/mol. The summed E-state index contributed by atoms with van der Waals surface area (Å²) >= 11 is 0. The van der Waals surface area contributed by atoms with Gasteiger partial charge in [0.1, 0.15) is 11.3 Å². The van der Waals surface area contributed by atoms with Crippen LogP contribution in [0.4, 0.5) is 0 Å². The quantitative estimate of drug-likeness (QED) is 0.512. The third-order valence-corrected chi connectivity index (χ3v) is 4.21. The molecule has 1 aliphatic rings. The van der Waals surface area contributed by atoms with Gasteiger partial charge in [0, 0.05) is 18.6 Å². The van der Waals surface area contributed by atoms with Crippen molar-refractivity contribution in [2.24, 2.45) is 5.41 Å². The van der Waals surface area contributed by atoms with Gasteiger partial charge >= 0.3 is 0 Å². The van der Waals surface area contributed by atoms with Gasteiger partial charge in [-0.1, -0.05) is 24.2 Å². The number of carbonyl (C=O) groups excluding carboxylic acids is 2. The van der Waals surface area contributed by atoms with Crippen molar-refractivity contribution in [2.75, 3.05) is 0 Å². The van der Waals surface area contributed by atoms with Gasteiger partial charge in [-0.3, -0.25) is 9.59 Å². The number of aliphatic hydroxyl groups excluding tert-OH is 1. The Morgan fingerprint density at radius 1 is 1.17 bits per heavy atom. The summed E-state index contributed by atoms with van der Waals surface area (Å²) in [4.78, 5) is 25.5. The lowest BCUT2D eigenvalue weighted by atomic mass is 9.64. The first-order valence-electron chi connectivity index (χ1n) is 7.58. The van der Waals surface area contributed by atoms with Gasteiger partial charge in [-0.25, -0.2) is 0 Å². The summed E-state index contributed by atoms with van der Waals surface area (Å²) in [6, 6.07) is 3.14. The molecule has 0 unspecified atom stereocenters. The van der Waals surface area contributed by atoms with Crippen LogP contribution in [0.1, 0.15) is 49.1 Å².